The Morgan fingerprint density at radius 2 is 2.10 bits per heavy atom. The van der Waals surface area contributed by atoms with Crippen LogP contribution in [0.1, 0.15) is 4.88 Å². The second kappa shape index (κ2) is 5.48. The van der Waals surface area contributed by atoms with E-state index in [1.165, 1.54) is 31.4 Å². The molecule has 5 nitrogen and oxygen atoms in total. The van der Waals surface area contributed by atoms with Gasteiger partial charge in [0.2, 0.25) is 0 Å². The van der Waals surface area contributed by atoms with Crippen LogP contribution in [-0.4, -0.2) is 15.5 Å². The summed E-state index contributed by atoms with van der Waals surface area (Å²) in [4.78, 5) is 0.284. The molecular formula is C12H9FN2O3S2. The Bertz CT molecular complexity index is 778. The molecule has 0 bridgehead atoms. The molecule has 0 radical (unpaired) electrons. The van der Waals surface area contributed by atoms with Crippen molar-refractivity contribution in [1.82, 2.24) is 0 Å². The van der Waals surface area contributed by atoms with Crippen LogP contribution in [0, 0.1) is 17.1 Å². The molecule has 0 saturated carbocycles. The molecule has 0 aliphatic carbocycles. The predicted octanol–water partition coefficient (Wildman–Crippen LogP) is 2.57. The van der Waals surface area contributed by atoms with E-state index in [-0.39, 0.29) is 20.5 Å². The van der Waals surface area contributed by atoms with Crippen LogP contribution in [0.15, 0.2) is 34.5 Å². The van der Waals surface area contributed by atoms with E-state index in [4.69, 9.17) is 10.00 Å². The van der Waals surface area contributed by atoms with Gasteiger partial charge in [0.15, 0.2) is 11.6 Å². The smallest absolute Gasteiger partial charge is 0.271 e. The second-order valence-electron chi connectivity index (χ2n) is 3.69. The van der Waals surface area contributed by atoms with Gasteiger partial charge in [0.25, 0.3) is 10.0 Å². The highest BCUT2D eigenvalue weighted by atomic mass is 32.2. The fourth-order valence-corrected chi connectivity index (χ4v) is 3.61. The summed E-state index contributed by atoms with van der Waals surface area (Å²) in [6, 6.07) is 8.32. The molecule has 0 unspecified atom stereocenters. The van der Waals surface area contributed by atoms with E-state index in [1.807, 2.05) is 6.07 Å². The number of nitriles is 1. The molecule has 0 spiro atoms. The molecule has 2 rings (SSSR count). The Hall–Kier alpha value is -2.11. The first-order valence-corrected chi connectivity index (χ1v) is 7.62. The molecule has 2 aromatic rings. The summed E-state index contributed by atoms with van der Waals surface area (Å²) in [6.45, 7) is 0. The number of ether oxygens (including phenoxy) is 1. The van der Waals surface area contributed by atoms with E-state index in [0.29, 0.717) is 0 Å². The third-order valence-corrected chi connectivity index (χ3v) is 5.22. The maximum atomic E-state index is 13.5. The molecule has 0 saturated heterocycles. The third-order valence-electron chi connectivity index (χ3n) is 2.36. The molecule has 1 aromatic heterocycles. The molecule has 20 heavy (non-hydrogen) atoms. The zero-order valence-electron chi connectivity index (χ0n) is 10.3. The van der Waals surface area contributed by atoms with Gasteiger partial charge in [-0.3, -0.25) is 4.72 Å². The minimum Gasteiger partial charge on any atom is -0.494 e. The molecule has 0 aliphatic heterocycles. The number of sulfonamides is 1. The highest BCUT2D eigenvalue weighted by Gasteiger charge is 2.17. The normalized spacial score (nSPS) is 10.8. The standard InChI is InChI=1S/C12H9FN2O3S2/c1-18-11-4-2-8(6-10(11)13)15-20(16,17)12-5-3-9(7-14)19-12/h2-6,15H,1H3. The van der Waals surface area contributed by atoms with Crippen molar-refractivity contribution in [2.45, 2.75) is 4.21 Å². The van der Waals surface area contributed by atoms with Gasteiger partial charge in [-0.15, -0.1) is 11.3 Å². The predicted molar refractivity (Wildman–Crippen MR) is 72.8 cm³/mol. The van der Waals surface area contributed by atoms with Crippen LogP contribution in [0.5, 0.6) is 5.75 Å². The van der Waals surface area contributed by atoms with Gasteiger partial charge in [0.1, 0.15) is 15.2 Å². The maximum absolute atomic E-state index is 13.5. The summed E-state index contributed by atoms with van der Waals surface area (Å²) >= 11 is 0.841. The second-order valence-corrected chi connectivity index (χ2v) is 6.68. The molecule has 0 aliphatic rings. The summed E-state index contributed by atoms with van der Waals surface area (Å²) in [5, 5.41) is 8.68. The summed E-state index contributed by atoms with van der Waals surface area (Å²) in [5.41, 5.74) is 0.0789. The van der Waals surface area contributed by atoms with Gasteiger partial charge >= 0.3 is 0 Å². The molecule has 0 atom stereocenters. The van der Waals surface area contributed by atoms with Crippen molar-refractivity contribution >= 4 is 27.0 Å². The minimum atomic E-state index is -3.83. The number of halogens is 1. The first-order chi connectivity index (χ1) is 9.46. The van der Waals surface area contributed by atoms with Gasteiger partial charge in [0.05, 0.1) is 12.8 Å². The summed E-state index contributed by atoms with van der Waals surface area (Å²) in [7, 11) is -2.51. The molecule has 0 fully saturated rings. The average Bonchev–Trinajstić information content (AvgIpc) is 2.88. The molecule has 8 heteroatoms. The lowest BCUT2D eigenvalue weighted by atomic mass is 10.3. The van der Waals surface area contributed by atoms with Crippen molar-refractivity contribution in [3.05, 3.63) is 41.0 Å². The SMILES string of the molecule is COc1ccc(NS(=O)(=O)c2ccc(C#N)s2)cc1F. The van der Waals surface area contributed by atoms with Gasteiger partial charge in [-0.1, -0.05) is 0 Å². The van der Waals surface area contributed by atoms with Crippen molar-refractivity contribution in [2.75, 3.05) is 11.8 Å². The van der Waals surface area contributed by atoms with Crippen LogP contribution < -0.4 is 9.46 Å². The Kier molecular flexibility index (Phi) is 3.92. The minimum absolute atomic E-state index is 0.00900. The van der Waals surface area contributed by atoms with Crippen molar-refractivity contribution in [1.29, 1.82) is 5.26 Å². The van der Waals surface area contributed by atoms with E-state index in [0.717, 1.165) is 17.4 Å². The molecule has 1 aromatic carbocycles. The van der Waals surface area contributed by atoms with Crippen molar-refractivity contribution in [3.63, 3.8) is 0 Å². The largest absolute Gasteiger partial charge is 0.494 e. The number of anilines is 1. The van der Waals surface area contributed by atoms with Crippen LogP contribution >= 0.6 is 11.3 Å². The van der Waals surface area contributed by atoms with Crippen LogP contribution in [0.4, 0.5) is 10.1 Å². The third kappa shape index (κ3) is 2.89. The molecule has 104 valence electrons. The van der Waals surface area contributed by atoms with Crippen LogP contribution in [0.2, 0.25) is 0 Å². The molecule has 0 amide bonds. The number of hydrogen-bond donors (Lipinski definition) is 1. The number of thiophene rings is 1. The summed E-state index contributed by atoms with van der Waals surface area (Å²) in [6.07, 6.45) is 0. The first-order valence-electron chi connectivity index (χ1n) is 5.32. The van der Waals surface area contributed by atoms with Gasteiger partial charge < -0.3 is 4.74 Å². The number of nitrogens with one attached hydrogen (secondary N) is 1. The average molecular weight is 312 g/mol. The van der Waals surface area contributed by atoms with Crippen LogP contribution in [-0.2, 0) is 10.0 Å². The Balaban J connectivity index is 2.29. The number of hydrogen-bond acceptors (Lipinski definition) is 5. The zero-order valence-corrected chi connectivity index (χ0v) is 11.9. The van der Waals surface area contributed by atoms with E-state index < -0.39 is 15.8 Å². The quantitative estimate of drug-likeness (QED) is 0.941. The van der Waals surface area contributed by atoms with Crippen molar-refractivity contribution in [2.24, 2.45) is 0 Å². The summed E-state index contributed by atoms with van der Waals surface area (Å²) in [5.74, 6) is -0.646. The number of rotatable bonds is 4. The van der Waals surface area contributed by atoms with Crippen LogP contribution in [0.25, 0.3) is 0 Å². The fraction of sp³-hybridized carbons (Fsp3) is 0.0833. The highest BCUT2D eigenvalue weighted by molar-refractivity contribution is 7.94. The van der Waals surface area contributed by atoms with Gasteiger partial charge in [-0.05, 0) is 24.3 Å². The van der Waals surface area contributed by atoms with E-state index in [9.17, 15) is 12.8 Å². The van der Waals surface area contributed by atoms with Gasteiger partial charge in [-0.25, -0.2) is 12.8 Å². The van der Waals surface area contributed by atoms with E-state index in [2.05, 4.69) is 4.72 Å². The number of methoxy groups -OCH3 is 1. The Morgan fingerprint density at radius 3 is 2.65 bits per heavy atom. The lowest BCUT2D eigenvalue weighted by Crippen LogP contribution is -2.11. The fourth-order valence-electron chi connectivity index (χ4n) is 1.46. The van der Waals surface area contributed by atoms with Crippen molar-refractivity contribution < 1.29 is 17.5 Å². The maximum Gasteiger partial charge on any atom is 0.271 e. The van der Waals surface area contributed by atoms with Gasteiger partial charge in [0, 0.05) is 6.07 Å². The lowest BCUT2D eigenvalue weighted by Gasteiger charge is -2.08. The van der Waals surface area contributed by atoms with Crippen LogP contribution in [0.3, 0.4) is 0 Å². The highest BCUT2D eigenvalue weighted by Crippen LogP contribution is 2.26. The van der Waals surface area contributed by atoms with Gasteiger partial charge in [-0.2, -0.15) is 5.26 Å². The Morgan fingerprint density at radius 1 is 1.35 bits per heavy atom. The molecule has 1 heterocycles. The Labute approximate surface area is 119 Å². The first kappa shape index (κ1) is 14.3. The monoisotopic (exact) mass is 312 g/mol. The zero-order chi connectivity index (χ0) is 14.8. The number of nitrogens with zero attached hydrogens (tertiary/aromatic N) is 1. The molecular weight excluding hydrogens is 303 g/mol. The number of benzene rings is 1. The summed E-state index contributed by atoms with van der Waals surface area (Å²) < 4.78 is 44.5. The topological polar surface area (TPSA) is 79.2 Å². The lowest BCUT2D eigenvalue weighted by molar-refractivity contribution is 0.386. The van der Waals surface area contributed by atoms with E-state index >= 15 is 0 Å². The van der Waals surface area contributed by atoms with Crippen molar-refractivity contribution in [3.8, 4) is 11.8 Å². The molecule has 1 N–H and O–H groups in total. The van der Waals surface area contributed by atoms with E-state index in [1.54, 1.807) is 0 Å².